The predicted molar refractivity (Wildman–Crippen MR) is 60.6 cm³/mol. The zero-order valence-electron chi connectivity index (χ0n) is 9.00. The SMILES string of the molecule is COc1ccc(CC2(C#N)COC2)cc1Cl. The number of halogens is 1. The van der Waals surface area contributed by atoms with E-state index in [2.05, 4.69) is 6.07 Å². The fraction of sp³-hybridized carbons (Fsp3) is 0.417. The average Bonchev–Trinajstić information content (AvgIpc) is 2.24. The van der Waals surface area contributed by atoms with Gasteiger partial charge in [-0.25, -0.2) is 0 Å². The third kappa shape index (κ3) is 1.99. The molecule has 4 heteroatoms. The molecule has 3 nitrogen and oxygen atoms in total. The van der Waals surface area contributed by atoms with Crippen LogP contribution in [0.25, 0.3) is 0 Å². The normalized spacial score (nSPS) is 17.3. The number of hydrogen-bond donors (Lipinski definition) is 0. The predicted octanol–water partition coefficient (Wildman–Crippen LogP) is 2.43. The average molecular weight is 238 g/mol. The smallest absolute Gasteiger partial charge is 0.137 e. The second-order valence-electron chi connectivity index (χ2n) is 4.03. The summed E-state index contributed by atoms with van der Waals surface area (Å²) in [4.78, 5) is 0. The van der Waals surface area contributed by atoms with Crippen molar-refractivity contribution in [1.82, 2.24) is 0 Å². The molecule has 1 aliphatic heterocycles. The van der Waals surface area contributed by atoms with Crippen molar-refractivity contribution in [2.75, 3.05) is 20.3 Å². The first kappa shape index (κ1) is 11.3. The highest BCUT2D eigenvalue weighted by molar-refractivity contribution is 6.32. The summed E-state index contributed by atoms with van der Waals surface area (Å²) in [6, 6.07) is 7.91. The van der Waals surface area contributed by atoms with Crippen molar-refractivity contribution in [3.63, 3.8) is 0 Å². The molecular formula is C12H12ClNO2. The van der Waals surface area contributed by atoms with Gasteiger partial charge in [0, 0.05) is 0 Å². The Morgan fingerprint density at radius 1 is 1.56 bits per heavy atom. The van der Waals surface area contributed by atoms with Crippen molar-refractivity contribution in [3.05, 3.63) is 28.8 Å². The van der Waals surface area contributed by atoms with E-state index in [9.17, 15) is 0 Å². The molecular weight excluding hydrogens is 226 g/mol. The van der Waals surface area contributed by atoms with Gasteiger partial charge in [-0.1, -0.05) is 17.7 Å². The molecule has 0 bridgehead atoms. The first-order chi connectivity index (χ1) is 7.69. The highest BCUT2D eigenvalue weighted by Crippen LogP contribution is 2.33. The molecule has 0 radical (unpaired) electrons. The first-order valence-electron chi connectivity index (χ1n) is 5.00. The van der Waals surface area contributed by atoms with Crippen LogP contribution in [0.15, 0.2) is 18.2 Å². The summed E-state index contributed by atoms with van der Waals surface area (Å²) in [5.41, 5.74) is 0.674. The lowest BCUT2D eigenvalue weighted by Crippen LogP contribution is -2.43. The molecule has 1 heterocycles. The summed E-state index contributed by atoms with van der Waals surface area (Å²) >= 11 is 6.02. The van der Waals surface area contributed by atoms with Crippen LogP contribution in [0.1, 0.15) is 5.56 Å². The van der Waals surface area contributed by atoms with Gasteiger partial charge < -0.3 is 9.47 Å². The van der Waals surface area contributed by atoms with Crippen LogP contribution in [0.2, 0.25) is 5.02 Å². The van der Waals surface area contributed by atoms with E-state index in [1.54, 1.807) is 7.11 Å². The van der Waals surface area contributed by atoms with Gasteiger partial charge in [-0.2, -0.15) is 5.26 Å². The maximum absolute atomic E-state index is 9.08. The Hall–Kier alpha value is -1.24. The minimum absolute atomic E-state index is 0.363. The molecule has 0 atom stereocenters. The summed E-state index contributed by atoms with van der Waals surface area (Å²) in [6.45, 7) is 1.01. The van der Waals surface area contributed by atoms with Crippen molar-refractivity contribution in [3.8, 4) is 11.8 Å². The Balaban J connectivity index is 2.17. The Morgan fingerprint density at radius 2 is 2.31 bits per heavy atom. The zero-order chi connectivity index (χ0) is 11.6. The number of benzene rings is 1. The Morgan fingerprint density at radius 3 is 2.75 bits per heavy atom. The van der Waals surface area contributed by atoms with Crippen LogP contribution in [0.5, 0.6) is 5.75 Å². The quantitative estimate of drug-likeness (QED) is 0.811. The topological polar surface area (TPSA) is 42.2 Å². The van der Waals surface area contributed by atoms with E-state index in [0.717, 1.165) is 5.56 Å². The highest BCUT2D eigenvalue weighted by atomic mass is 35.5. The van der Waals surface area contributed by atoms with E-state index in [0.29, 0.717) is 30.4 Å². The maximum atomic E-state index is 9.08. The Labute approximate surface area is 99.5 Å². The van der Waals surface area contributed by atoms with E-state index in [-0.39, 0.29) is 5.41 Å². The summed E-state index contributed by atoms with van der Waals surface area (Å²) in [6.07, 6.45) is 0.674. The summed E-state index contributed by atoms with van der Waals surface area (Å²) in [5, 5.41) is 9.66. The van der Waals surface area contributed by atoms with Crippen LogP contribution in [-0.4, -0.2) is 20.3 Å². The number of rotatable bonds is 3. The van der Waals surface area contributed by atoms with Crippen LogP contribution >= 0.6 is 11.6 Å². The standard InChI is InChI=1S/C12H12ClNO2/c1-15-11-3-2-9(4-10(11)13)5-12(6-14)7-16-8-12/h2-4H,5,7-8H2,1H3. The molecule has 0 spiro atoms. The molecule has 0 aliphatic carbocycles. The highest BCUT2D eigenvalue weighted by Gasteiger charge is 2.39. The van der Waals surface area contributed by atoms with E-state index in [1.807, 2.05) is 18.2 Å². The summed E-state index contributed by atoms with van der Waals surface area (Å²) in [7, 11) is 1.58. The van der Waals surface area contributed by atoms with Gasteiger partial charge in [0.1, 0.15) is 11.2 Å². The second kappa shape index (κ2) is 4.32. The van der Waals surface area contributed by atoms with Gasteiger partial charge in [-0.05, 0) is 24.1 Å². The third-order valence-corrected chi connectivity index (χ3v) is 3.05. The molecule has 1 fully saturated rings. The van der Waals surface area contributed by atoms with E-state index >= 15 is 0 Å². The van der Waals surface area contributed by atoms with Crippen LogP contribution in [0.3, 0.4) is 0 Å². The molecule has 2 rings (SSSR count). The lowest BCUT2D eigenvalue weighted by Gasteiger charge is -2.35. The molecule has 84 valence electrons. The molecule has 0 amide bonds. The van der Waals surface area contributed by atoms with Gasteiger partial charge in [0.2, 0.25) is 0 Å². The fourth-order valence-corrected chi connectivity index (χ4v) is 2.05. The van der Waals surface area contributed by atoms with Gasteiger partial charge in [0.15, 0.2) is 0 Å². The molecule has 1 aromatic rings. The minimum Gasteiger partial charge on any atom is -0.495 e. The van der Waals surface area contributed by atoms with Crippen LogP contribution in [0.4, 0.5) is 0 Å². The monoisotopic (exact) mass is 237 g/mol. The summed E-state index contributed by atoms with van der Waals surface area (Å²) in [5.74, 6) is 0.654. The van der Waals surface area contributed by atoms with Gasteiger partial charge >= 0.3 is 0 Å². The largest absolute Gasteiger partial charge is 0.495 e. The number of nitrogens with zero attached hydrogens (tertiary/aromatic N) is 1. The van der Waals surface area contributed by atoms with Gasteiger partial charge in [0.05, 0.1) is 31.4 Å². The lowest BCUT2D eigenvalue weighted by molar-refractivity contribution is -0.0765. The molecule has 16 heavy (non-hydrogen) atoms. The van der Waals surface area contributed by atoms with Crippen molar-refractivity contribution >= 4 is 11.6 Å². The van der Waals surface area contributed by atoms with Crippen LogP contribution < -0.4 is 4.74 Å². The summed E-state index contributed by atoms with van der Waals surface area (Å²) < 4.78 is 10.2. The molecule has 1 saturated heterocycles. The van der Waals surface area contributed by atoms with Gasteiger partial charge in [-0.15, -0.1) is 0 Å². The zero-order valence-corrected chi connectivity index (χ0v) is 9.75. The number of hydrogen-bond acceptors (Lipinski definition) is 3. The number of methoxy groups -OCH3 is 1. The van der Waals surface area contributed by atoms with Crippen molar-refractivity contribution in [2.24, 2.45) is 5.41 Å². The van der Waals surface area contributed by atoms with E-state index < -0.39 is 0 Å². The fourth-order valence-electron chi connectivity index (χ4n) is 1.77. The lowest BCUT2D eigenvalue weighted by atomic mass is 9.81. The number of nitriles is 1. The third-order valence-electron chi connectivity index (χ3n) is 2.75. The first-order valence-corrected chi connectivity index (χ1v) is 5.38. The minimum atomic E-state index is -0.363. The molecule has 0 N–H and O–H groups in total. The maximum Gasteiger partial charge on any atom is 0.137 e. The molecule has 1 aliphatic rings. The van der Waals surface area contributed by atoms with Crippen molar-refractivity contribution < 1.29 is 9.47 Å². The second-order valence-corrected chi connectivity index (χ2v) is 4.44. The van der Waals surface area contributed by atoms with Crippen LogP contribution in [0, 0.1) is 16.7 Å². The van der Waals surface area contributed by atoms with Crippen molar-refractivity contribution in [2.45, 2.75) is 6.42 Å². The molecule has 0 saturated carbocycles. The van der Waals surface area contributed by atoms with Gasteiger partial charge in [-0.3, -0.25) is 0 Å². The molecule has 0 unspecified atom stereocenters. The van der Waals surface area contributed by atoms with Crippen LogP contribution in [-0.2, 0) is 11.2 Å². The van der Waals surface area contributed by atoms with Crippen molar-refractivity contribution in [1.29, 1.82) is 5.26 Å². The van der Waals surface area contributed by atoms with E-state index in [1.165, 1.54) is 0 Å². The number of ether oxygens (including phenoxy) is 2. The molecule has 1 aromatic carbocycles. The molecule has 0 aromatic heterocycles. The Kier molecular flexibility index (Phi) is 3.04. The van der Waals surface area contributed by atoms with Gasteiger partial charge in [0.25, 0.3) is 0 Å². The van der Waals surface area contributed by atoms with E-state index in [4.69, 9.17) is 26.3 Å². The Bertz CT molecular complexity index is 435.